The molecule has 0 saturated carbocycles. The van der Waals surface area contributed by atoms with Crippen LogP contribution in [0.1, 0.15) is 34.6 Å². The second-order valence-corrected chi connectivity index (χ2v) is 5.02. The molecule has 0 aromatic carbocycles. The third-order valence-electron chi connectivity index (χ3n) is 1.68. The maximum atomic E-state index is 9.60. The average Bonchev–Trinajstić information content (AvgIpc) is 2.56. The Morgan fingerprint density at radius 1 is 0.645 bits per heavy atom. The third-order valence-corrected chi connectivity index (χ3v) is 1.68. The molecule has 0 atom stereocenters. The number of carbonyl (C=O) groups excluding carboxylic acids is 5. The van der Waals surface area contributed by atoms with Crippen LogP contribution in [0.25, 0.3) is 0 Å². The van der Waals surface area contributed by atoms with Gasteiger partial charge in [0.25, 0.3) is 0 Å². The van der Waals surface area contributed by atoms with Crippen molar-refractivity contribution in [1.29, 1.82) is 0 Å². The fourth-order valence-electron chi connectivity index (χ4n) is 0.142. The first-order valence-corrected chi connectivity index (χ1v) is 7.74. The number of ether oxygens (including phenoxy) is 1. The summed E-state index contributed by atoms with van der Waals surface area (Å²) in [6.07, 6.45) is -0.711. The molecule has 0 aromatic rings. The van der Waals surface area contributed by atoms with Gasteiger partial charge >= 0.3 is 17.1 Å². The number of nitrogens with two attached hydrogens (primary N) is 1. The molecule has 0 spiro atoms. The van der Waals surface area contributed by atoms with Gasteiger partial charge in [0.05, 0.1) is 30.5 Å². The SMILES string of the molecule is C=C(C)C(=O)[O-].C=C(C)C(=O)[O-].C=C(C)C(=O)[O-].C=C(C)C(=O)[O-].CCOC(N)=O.[Si+4]. The van der Waals surface area contributed by atoms with Crippen molar-refractivity contribution in [3.63, 3.8) is 0 Å². The van der Waals surface area contributed by atoms with Crippen LogP contribution >= 0.6 is 0 Å². The van der Waals surface area contributed by atoms with Crippen LogP contribution in [0.2, 0.25) is 0 Å². The van der Waals surface area contributed by atoms with Gasteiger partial charge in [0.15, 0.2) is 0 Å². The smallest absolute Gasteiger partial charge is 0.545 e. The molecule has 0 heterocycles. The Labute approximate surface area is 186 Å². The zero-order valence-electron chi connectivity index (χ0n) is 18.2. The minimum atomic E-state index is -1.19. The number of hydrogen-bond acceptors (Lipinski definition) is 10. The molecule has 0 aliphatic rings. The van der Waals surface area contributed by atoms with Crippen molar-refractivity contribution in [3.8, 4) is 0 Å². The quantitative estimate of drug-likeness (QED) is 0.325. The summed E-state index contributed by atoms with van der Waals surface area (Å²) in [6.45, 7) is 20.0. The van der Waals surface area contributed by atoms with E-state index in [1.54, 1.807) is 6.92 Å². The summed E-state index contributed by atoms with van der Waals surface area (Å²) in [7, 11) is 0. The Bertz CT molecular complexity index is 510. The van der Waals surface area contributed by atoms with Crippen molar-refractivity contribution in [2.75, 3.05) is 6.61 Å². The molecule has 0 fully saturated rings. The van der Waals surface area contributed by atoms with Gasteiger partial charge in [-0.15, -0.1) is 0 Å². The van der Waals surface area contributed by atoms with Gasteiger partial charge in [0, 0.05) is 0 Å². The first kappa shape index (κ1) is 41.6. The maximum absolute atomic E-state index is 9.60. The van der Waals surface area contributed by atoms with Crippen LogP contribution in [0.3, 0.4) is 0 Å². The Kier molecular flexibility index (Phi) is 35.4. The number of amides is 1. The second-order valence-electron chi connectivity index (χ2n) is 5.02. The van der Waals surface area contributed by atoms with Crippen LogP contribution < -0.4 is 26.2 Å². The summed E-state index contributed by atoms with van der Waals surface area (Å²) in [6, 6.07) is 0. The van der Waals surface area contributed by atoms with Crippen LogP contribution in [0.5, 0.6) is 0 Å². The first-order chi connectivity index (χ1) is 13.3. The Morgan fingerprint density at radius 2 is 0.774 bits per heavy atom. The number of hydrogen-bond donors (Lipinski definition) is 1. The van der Waals surface area contributed by atoms with Crippen LogP contribution in [-0.2, 0) is 23.9 Å². The largest absolute Gasteiger partial charge is 4.00 e. The summed E-state index contributed by atoms with van der Waals surface area (Å²) >= 11 is 0. The summed E-state index contributed by atoms with van der Waals surface area (Å²) in [5, 5.41) is 38.0. The standard InChI is InChI=1S/4C4H6O2.C3H7NO2.Si/c4*1-3(2)4(5)6;1-2-6-3(4)5;/h4*1H2,2H3,(H,5,6);2H2,1H3,(H2,4,5);/q;;;;;+4/p-4. The molecule has 0 aliphatic heterocycles. The monoisotopic (exact) mass is 457 g/mol. The minimum Gasteiger partial charge on any atom is -0.545 e. The normalized spacial score (nSPS) is 7.26. The van der Waals surface area contributed by atoms with E-state index in [9.17, 15) is 44.4 Å². The van der Waals surface area contributed by atoms with E-state index in [0.717, 1.165) is 0 Å². The molecule has 0 rings (SSSR count). The van der Waals surface area contributed by atoms with E-state index in [2.05, 4.69) is 36.8 Å². The first-order valence-electron chi connectivity index (χ1n) is 7.74. The molecule has 0 aromatic heterocycles. The number of rotatable bonds is 5. The fourth-order valence-corrected chi connectivity index (χ4v) is 0.142. The van der Waals surface area contributed by atoms with Gasteiger partial charge in [-0.1, -0.05) is 26.3 Å². The molecular formula is C19H27NO10Si. The second kappa shape index (κ2) is 26.3. The van der Waals surface area contributed by atoms with Crippen LogP contribution in [0, 0.1) is 0 Å². The van der Waals surface area contributed by atoms with Crippen LogP contribution in [-0.4, -0.2) is 47.5 Å². The zero-order chi connectivity index (χ0) is 25.6. The van der Waals surface area contributed by atoms with E-state index in [4.69, 9.17) is 0 Å². The van der Waals surface area contributed by atoms with E-state index in [1.807, 2.05) is 0 Å². The molecule has 0 radical (unpaired) electrons. The van der Waals surface area contributed by atoms with Crippen molar-refractivity contribution < 1.29 is 49.1 Å². The average molecular weight is 458 g/mol. The molecule has 0 bridgehead atoms. The van der Waals surface area contributed by atoms with Gasteiger partial charge in [-0.05, 0) is 56.9 Å². The third kappa shape index (κ3) is 66.3. The predicted octanol–water partition coefficient (Wildman–Crippen LogP) is -3.03. The topological polar surface area (TPSA) is 213 Å². The Balaban J connectivity index is -0.0000000625. The van der Waals surface area contributed by atoms with E-state index in [0.29, 0.717) is 6.61 Å². The molecular weight excluding hydrogens is 430 g/mol. The fraction of sp³-hybridized carbons (Fsp3) is 0.316. The molecule has 0 saturated heterocycles. The van der Waals surface area contributed by atoms with E-state index < -0.39 is 30.0 Å². The zero-order valence-corrected chi connectivity index (χ0v) is 19.2. The molecule has 172 valence electrons. The molecule has 0 aliphatic carbocycles. The Hall–Kier alpha value is -3.67. The van der Waals surface area contributed by atoms with E-state index in [1.165, 1.54) is 27.7 Å². The summed E-state index contributed by atoms with van der Waals surface area (Å²) in [5.41, 5.74) is 4.80. The minimum absolute atomic E-state index is 0. The van der Waals surface area contributed by atoms with Gasteiger partial charge in [-0.3, -0.25) is 0 Å². The van der Waals surface area contributed by atoms with Gasteiger partial charge < -0.3 is 50.1 Å². The van der Waals surface area contributed by atoms with Crippen molar-refractivity contribution in [2.24, 2.45) is 5.73 Å². The van der Waals surface area contributed by atoms with Crippen LogP contribution in [0.15, 0.2) is 48.6 Å². The maximum Gasteiger partial charge on any atom is 4.00 e. The van der Waals surface area contributed by atoms with Crippen molar-refractivity contribution in [1.82, 2.24) is 0 Å². The number of carboxylic acids is 4. The number of carboxylic acid groups (broad SMARTS) is 4. The van der Waals surface area contributed by atoms with E-state index in [-0.39, 0.29) is 33.3 Å². The van der Waals surface area contributed by atoms with E-state index >= 15 is 0 Å². The molecule has 12 heteroatoms. The molecule has 1 amide bonds. The molecule has 11 nitrogen and oxygen atoms in total. The molecule has 31 heavy (non-hydrogen) atoms. The van der Waals surface area contributed by atoms with Crippen molar-refractivity contribution in [2.45, 2.75) is 34.6 Å². The predicted molar refractivity (Wildman–Crippen MR) is 106 cm³/mol. The summed E-state index contributed by atoms with van der Waals surface area (Å²) in [4.78, 5) is 47.6. The number of carbonyl (C=O) groups is 5. The van der Waals surface area contributed by atoms with Gasteiger partial charge in [0.2, 0.25) is 0 Å². The van der Waals surface area contributed by atoms with Crippen molar-refractivity contribution >= 4 is 40.9 Å². The number of primary amides is 1. The molecule has 0 unspecified atom stereocenters. The summed E-state index contributed by atoms with van der Waals surface area (Å²) < 4.78 is 4.18. The van der Waals surface area contributed by atoms with Crippen molar-refractivity contribution in [3.05, 3.63) is 48.6 Å². The molecule has 2 N–H and O–H groups in total. The van der Waals surface area contributed by atoms with Gasteiger partial charge in [-0.2, -0.15) is 0 Å². The summed E-state index contributed by atoms with van der Waals surface area (Å²) in [5.74, 6) is -4.74. The van der Waals surface area contributed by atoms with Gasteiger partial charge in [0.1, 0.15) is 0 Å². The Morgan fingerprint density at radius 3 is 0.774 bits per heavy atom. The van der Waals surface area contributed by atoms with Crippen LogP contribution in [0.4, 0.5) is 4.79 Å². The van der Waals surface area contributed by atoms with Gasteiger partial charge in [-0.25, -0.2) is 4.79 Å². The number of aliphatic carboxylic acids is 4.